The van der Waals surface area contributed by atoms with Crippen molar-refractivity contribution in [3.05, 3.63) is 53.9 Å². The number of benzene rings is 1. The first-order valence-corrected chi connectivity index (χ1v) is 11.4. The van der Waals surface area contributed by atoms with Crippen LogP contribution in [0.2, 0.25) is 0 Å². The van der Waals surface area contributed by atoms with Gasteiger partial charge in [0.2, 0.25) is 5.91 Å². The second kappa shape index (κ2) is 11.3. The number of alkyl halides is 2. The van der Waals surface area contributed by atoms with Crippen molar-refractivity contribution in [1.82, 2.24) is 25.5 Å². The monoisotopic (exact) mass is 451 g/mol. The molecule has 3 rings (SSSR count). The molecule has 10 heteroatoms. The van der Waals surface area contributed by atoms with Crippen molar-refractivity contribution in [3.8, 4) is 0 Å². The maximum Gasteiger partial charge on any atom is 0.302 e. The number of aliphatic hydroxyl groups excluding tert-OH is 1. The van der Waals surface area contributed by atoms with Crippen LogP contribution in [0.5, 0.6) is 0 Å². The van der Waals surface area contributed by atoms with Crippen LogP contribution >= 0.6 is 11.8 Å². The fourth-order valence-electron chi connectivity index (χ4n) is 3.38. The number of hydrogen-bond acceptors (Lipinski definition) is 6. The minimum atomic E-state index is -3.37. The van der Waals surface area contributed by atoms with E-state index in [4.69, 9.17) is 0 Å². The zero-order chi connectivity index (χ0) is 22.1. The molecule has 0 spiro atoms. The third-order valence-corrected chi connectivity index (χ3v) is 6.33. The van der Waals surface area contributed by atoms with Crippen LogP contribution in [0.1, 0.15) is 37.1 Å². The normalized spacial score (nSPS) is 18.6. The van der Waals surface area contributed by atoms with E-state index in [0.717, 1.165) is 38.2 Å². The van der Waals surface area contributed by atoms with Gasteiger partial charge in [-0.25, -0.2) is 0 Å². The largest absolute Gasteiger partial charge is 0.382 e. The lowest BCUT2D eigenvalue weighted by Gasteiger charge is -2.31. The second-order valence-corrected chi connectivity index (χ2v) is 8.73. The average molecular weight is 452 g/mol. The highest BCUT2D eigenvalue weighted by atomic mass is 32.2. The van der Waals surface area contributed by atoms with Gasteiger partial charge < -0.3 is 10.0 Å². The number of thioether (sulfide) groups is 1. The van der Waals surface area contributed by atoms with E-state index < -0.39 is 12.0 Å². The molecule has 1 aliphatic rings. The fourth-order valence-corrected chi connectivity index (χ4v) is 4.41. The van der Waals surface area contributed by atoms with E-state index in [2.05, 4.69) is 20.6 Å². The van der Waals surface area contributed by atoms with Gasteiger partial charge in [0.25, 0.3) is 0 Å². The number of carbonyl (C=O) groups excluding carboxylic acids is 1. The summed E-state index contributed by atoms with van der Waals surface area (Å²) in [5.41, 5.74) is -0.223. The summed E-state index contributed by atoms with van der Waals surface area (Å²) in [4.78, 5) is 14.0. The predicted octanol–water partition coefficient (Wildman–Crippen LogP) is 2.96. The summed E-state index contributed by atoms with van der Waals surface area (Å²) in [5, 5.41) is 23.7. The van der Waals surface area contributed by atoms with E-state index in [1.807, 2.05) is 0 Å². The molecule has 1 fully saturated rings. The Bertz CT molecular complexity index is 836. The maximum absolute atomic E-state index is 14.4. The number of aromatic nitrogens is 4. The molecule has 2 heterocycles. The Labute approximate surface area is 184 Å². The lowest BCUT2D eigenvalue weighted by molar-refractivity contribution is -0.128. The Hall–Kier alpha value is -2.33. The summed E-state index contributed by atoms with van der Waals surface area (Å²) in [6.45, 7) is 1.11. The summed E-state index contributed by atoms with van der Waals surface area (Å²) in [6.07, 6.45) is 5.44. The molecule has 0 bridgehead atoms. The minimum Gasteiger partial charge on any atom is -0.382 e. The SMILES string of the molecule is O=C1CSC(C=C[C@@H](O)C(F)(F)c2ccccc2)CN1CCCCCCc1nn[nH]n1. The van der Waals surface area contributed by atoms with Gasteiger partial charge in [0.15, 0.2) is 5.82 Å². The van der Waals surface area contributed by atoms with Gasteiger partial charge in [-0.05, 0) is 12.8 Å². The molecule has 2 N–H and O–H groups in total. The number of rotatable bonds is 11. The number of halogens is 2. The molecule has 168 valence electrons. The molecule has 2 atom stereocenters. The lowest BCUT2D eigenvalue weighted by atomic mass is 10.0. The molecule has 1 saturated heterocycles. The summed E-state index contributed by atoms with van der Waals surface area (Å²) in [5.74, 6) is -2.28. The van der Waals surface area contributed by atoms with Crippen molar-refractivity contribution < 1.29 is 18.7 Å². The van der Waals surface area contributed by atoms with Gasteiger partial charge in [-0.3, -0.25) is 4.79 Å². The molecule has 1 aliphatic heterocycles. The van der Waals surface area contributed by atoms with Gasteiger partial charge in [0, 0.05) is 30.3 Å². The zero-order valence-corrected chi connectivity index (χ0v) is 18.0. The van der Waals surface area contributed by atoms with E-state index in [0.29, 0.717) is 24.7 Å². The molecule has 1 aromatic heterocycles. The first-order chi connectivity index (χ1) is 15.0. The molecule has 1 amide bonds. The van der Waals surface area contributed by atoms with Crippen LogP contribution in [-0.4, -0.2) is 66.7 Å². The van der Waals surface area contributed by atoms with E-state index in [1.165, 1.54) is 36.0 Å². The third kappa shape index (κ3) is 6.83. The molecule has 0 aliphatic carbocycles. The number of amides is 1. The van der Waals surface area contributed by atoms with Crippen molar-refractivity contribution in [3.63, 3.8) is 0 Å². The number of aromatic amines is 1. The number of nitrogens with one attached hydrogen (secondary N) is 1. The fraction of sp³-hybridized carbons (Fsp3) is 0.524. The van der Waals surface area contributed by atoms with E-state index in [-0.39, 0.29) is 16.7 Å². The van der Waals surface area contributed by atoms with Crippen LogP contribution < -0.4 is 0 Å². The smallest absolute Gasteiger partial charge is 0.302 e. The van der Waals surface area contributed by atoms with E-state index in [9.17, 15) is 18.7 Å². The minimum absolute atomic E-state index is 0.0663. The van der Waals surface area contributed by atoms with Crippen LogP contribution in [0, 0.1) is 0 Å². The van der Waals surface area contributed by atoms with Crippen LogP contribution in [0.15, 0.2) is 42.5 Å². The highest BCUT2D eigenvalue weighted by Crippen LogP contribution is 2.32. The van der Waals surface area contributed by atoms with Gasteiger partial charge in [-0.1, -0.05) is 60.5 Å². The Morgan fingerprint density at radius 1 is 1.26 bits per heavy atom. The van der Waals surface area contributed by atoms with E-state index >= 15 is 0 Å². The topological polar surface area (TPSA) is 95.0 Å². The van der Waals surface area contributed by atoms with Gasteiger partial charge in [-0.15, -0.1) is 22.0 Å². The summed E-state index contributed by atoms with van der Waals surface area (Å²) in [6, 6.07) is 7.29. The second-order valence-electron chi connectivity index (χ2n) is 7.50. The molecule has 1 aromatic carbocycles. The zero-order valence-electron chi connectivity index (χ0n) is 17.2. The van der Waals surface area contributed by atoms with Gasteiger partial charge in [0.05, 0.1) is 5.75 Å². The first kappa shape index (κ1) is 23.3. The molecule has 7 nitrogen and oxygen atoms in total. The highest BCUT2D eigenvalue weighted by Gasteiger charge is 2.39. The molecular weight excluding hydrogens is 424 g/mol. The molecule has 0 saturated carbocycles. The Morgan fingerprint density at radius 2 is 2.03 bits per heavy atom. The summed E-state index contributed by atoms with van der Waals surface area (Å²) >= 11 is 1.41. The molecular formula is C21H27F2N5O2S. The Morgan fingerprint density at radius 3 is 2.77 bits per heavy atom. The van der Waals surface area contributed by atoms with Crippen molar-refractivity contribution in [2.24, 2.45) is 0 Å². The molecule has 2 aromatic rings. The molecule has 1 unspecified atom stereocenters. The molecule has 0 radical (unpaired) electrons. The van der Waals surface area contributed by atoms with Crippen LogP contribution in [0.25, 0.3) is 0 Å². The van der Waals surface area contributed by atoms with Gasteiger partial charge in [-0.2, -0.15) is 14.0 Å². The van der Waals surface area contributed by atoms with Gasteiger partial charge >= 0.3 is 5.92 Å². The number of nitrogens with zero attached hydrogens (tertiary/aromatic N) is 4. The third-order valence-electron chi connectivity index (χ3n) is 5.18. The number of aryl methyl sites for hydroxylation is 1. The number of H-pyrrole nitrogens is 1. The standard InChI is InChI=1S/C21H27F2N5O2S/c22-21(23,16-8-4-3-5-9-16)18(29)12-11-17-14-28(20(30)15-31-17)13-7-2-1-6-10-19-24-26-27-25-19/h3-5,8-9,11-12,17-18,29H,1-2,6-7,10,13-15H2,(H,24,25,26,27)/t17?,18-/m1/s1. The van der Waals surface area contributed by atoms with Crippen molar-refractivity contribution in [2.45, 2.75) is 49.4 Å². The van der Waals surface area contributed by atoms with Crippen LogP contribution in [-0.2, 0) is 17.1 Å². The molecule has 31 heavy (non-hydrogen) atoms. The summed E-state index contributed by atoms with van der Waals surface area (Å²) < 4.78 is 28.8. The Kier molecular flexibility index (Phi) is 8.53. The van der Waals surface area contributed by atoms with Crippen LogP contribution in [0.4, 0.5) is 8.78 Å². The van der Waals surface area contributed by atoms with Crippen molar-refractivity contribution >= 4 is 17.7 Å². The van der Waals surface area contributed by atoms with Crippen molar-refractivity contribution in [1.29, 1.82) is 0 Å². The number of unbranched alkanes of at least 4 members (excludes halogenated alkanes) is 3. The maximum atomic E-state index is 14.4. The number of tetrazole rings is 1. The average Bonchev–Trinajstić information content (AvgIpc) is 3.30. The Balaban J connectivity index is 1.41. The predicted molar refractivity (Wildman–Crippen MR) is 115 cm³/mol. The highest BCUT2D eigenvalue weighted by molar-refractivity contribution is 8.00. The first-order valence-electron chi connectivity index (χ1n) is 10.4. The number of carbonyl (C=O) groups is 1. The van der Waals surface area contributed by atoms with Gasteiger partial charge in [0.1, 0.15) is 6.10 Å². The summed E-state index contributed by atoms with van der Waals surface area (Å²) in [7, 11) is 0. The number of hydrogen-bond donors (Lipinski definition) is 2. The van der Waals surface area contributed by atoms with Crippen molar-refractivity contribution in [2.75, 3.05) is 18.8 Å². The van der Waals surface area contributed by atoms with Crippen LogP contribution in [0.3, 0.4) is 0 Å². The van der Waals surface area contributed by atoms with E-state index in [1.54, 1.807) is 17.0 Å². The lowest BCUT2D eigenvalue weighted by Crippen LogP contribution is -2.42. The quantitative estimate of drug-likeness (QED) is 0.403. The number of aliphatic hydroxyl groups is 1.